The summed E-state index contributed by atoms with van der Waals surface area (Å²) in [5.41, 5.74) is 3.20. The number of furan rings is 1. The fourth-order valence-corrected chi connectivity index (χ4v) is 4.96. The van der Waals surface area contributed by atoms with Gasteiger partial charge in [-0.2, -0.15) is 0 Å². The maximum atomic E-state index is 13.2. The highest BCUT2D eigenvalue weighted by Crippen LogP contribution is 2.41. The molecule has 162 valence electrons. The van der Waals surface area contributed by atoms with Crippen LogP contribution in [-0.4, -0.2) is 27.0 Å². The van der Waals surface area contributed by atoms with Crippen LogP contribution in [0.3, 0.4) is 0 Å². The molecule has 0 saturated heterocycles. The van der Waals surface area contributed by atoms with Crippen molar-refractivity contribution in [3.8, 4) is 22.6 Å². The number of hydrogen-bond donors (Lipinski definition) is 3. The number of phenols is 1. The molecule has 3 aromatic heterocycles. The first-order chi connectivity index (χ1) is 15.5. The molecule has 6 rings (SSSR count). The zero-order valence-corrected chi connectivity index (χ0v) is 17.4. The predicted molar refractivity (Wildman–Crippen MR) is 122 cm³/mol. The Balaban J connectivity index is 1.79. The summed E-state index contributed by atoms with van der Waals surface area (Å²) in [5, 5.41) is 14.4. The molecule has 0 bridgehead atoms. The second-order valence-electron chi connectivity index (χ2n) is 8.32. The molecule has 8 heteroatoms. The second kappa shape index (κ2) is 6.78. The van der Waals surface area contributed by atoms with Gasteiger partial charge in [-0.15, -0.1) is 0 Å². The number of rotatable bonds is 3. The van der Waals surface area contributed by atoms with E-state index in [-0.39, 0.29) is 22.8 Å². The Kier molecular flexibility index (Phi) is 3.98. The number of ether oxygens (including phenoxy) is 1. The van der Waals surface area contributed by atoms with Gasteiger partial charge >= 0.3 is 0 Å². The van der Waals surface area contributed by atoms with E-state index in [1.165, 1.54) is 25.3 Å². The van der Waals surface area contributed by atoms with Gasteiger partial charge in [-0.3, -0.25) is 19.4 Å². The third-order valence-corrected chi connectivity index (χ3v) is 6.47. The summed E-state index contributed by atoms with van der Waals surface area (Å²) in [4.78, 5) is 28.6. The molecule has 1 aliphatic carbocycles. The van der Waals surface area contributed by atoms with Gasteiger partial charge in [0, 0.05) is 17.0 Å². The summed E-state index contributed by atoms with van der Waals surface area (Å²) in [7, 11) is 1.48. The molecular formula is C24H21N3O5. The molecule has 3 N–H and O–H groups in total. The van der Waals surface area contributed by atoms with Crippen LogP contribution in [0.5, 0.6) is 11.5 Å². The number of aromatic nitrogens is 3. The average Bonchev–Trinajstić information content (AvgIpc) is 3.50. The van der Waals surface area contributed by atoms with Crippen LogP contribution >= 0.6 is 0 Å². The van der Waals surface area contributed by atoms with Crippen molar-refractivity contribution in [3.63, 3.8) is 0 Å². The maximum Gasteiger partial charge on any atom is 0.274 e. The zero-order valence-electron chi connectivity index (χ0n) is 17.4. The van der Waals surface area contributed by atoms with Crippen LogP contribution in [-0.2, 0) is 0 Å². The van der Waals surface area contributed by atoms with Gasteiger partial charge in [0.15, 0.2) is 22.5 Å². The van der Waals surface area contributed by atoms with Crippen LogP contribution in [0.2, 0.25) is 0 Å². The summed E-state index contributed by atoms with van der Waals surface area (Å²) in [6.07, 6.45) is 4.24. The third-order valence-electron chi connectivity index (χ3n) is 6.47. The van der Waals surface area contributed by atoms with Gasteiger partial charge < -0.3 is 19.2 Å². The SMILES string of the molecule is COc1cc(-c2c3oc4cc(=O)ccc4c3[nH]c3c2c(=O)[nH]n3C2CCCC2)ccc1O. The lowest BCUT2D eigenvalue weighted by Gasteiger charge is -2.13. The van der Waals surface area contributed by atoms with Gasteiger partial charge in [0.05, 0.1) is 24.1 Å². The molecule has 0 unspecified atom stereocenters. The van der Waals surface area contributed by atoms with Crippen molar-refractivity contribution in [2.45, 2.75) is 31.7 Å². The Morgan fingerprint density at radius 2 is 1.94 bits per heavy atom. The molecule has 3 heterocycles. The van der Waals surface area contributed by atoms with Crippen molar-refractivity contribution < 1.29 is 14.3 Å². The molecule has 1 fully saturated rings. The van der Waals surface area contributed by atoms with Gasteiger partial charge in [-0.05, 0) is 42.7 Å². The van der Waals surface area contributed by atoms with E-state index in [2.05, 4.69) is 10.1 Å². The van der Waals surface area contributed by atoms with E-state index in [0.717, 1.165) is 31.1 Å². The highest BCUT2D eigenvalue weighted by atomic mass is 16.5. The van der Waals surface area contributed by atoms with Crippen LogP contribution in [0.1, 0.15) is 31.7 Å². The minimum atomic E-state index is -0.225. The average molecular weight is 431 g/mol. The minimum absolute atomic E-state index is 0.00395. The molecule has 2 aromatic carbocycles. The van der Waals surface area contributed by atoms with Gasteiger partial charge in [-0.1, -0.05) is 18.9 Å². The van der Waals surface area contributed by atoms with Crippen molar-refractivity contribution in [1.29, 1.82) is 0 Å². The standard InChI is InChI=1S/C24H21N3O5/c1-31-18-10-12(6-9-16(18)29)19-20-23(27(26-24(20)30)13-4-2-3-5-13)25-21-15-8-7-14(28)11-17(15)32-22(19)21/h6-11,13,25,29H,2-5H2,1H3,(H,26,30). The highest BCUT2D eigenvalue weighted by molar-refractivity contribution is 6.14. The molecule has 5 aromatic rings. The number of aromatic amines is 2. The number of nitrogens with zero attached hydrogens (tertiary/aromatic N) is 1. The summed E-state index contributed by atoms with van der Waals surface area (Å²) >= 11 is 0. The molecule has 1 saturated carbocycles. The fraction of sp³-hybridized carbons (Fsp3) is 0.250. The molecule has 1 aliphatic rings. The Labute approximate surface area is 181 Å². The first-order valence-corrected chi connectivity index (χ1v) is 10.7. The fourth-order valence-electron chi connectivity index (χ4n) is 4.96. The minimum Gasteiger partial charge on any atom is -0.504 e. The van der Waals surface area contributed by atoms with E-state index in [1.54, 1.807) is 18.2 Å². The van der Waals surface area contributed by atoms with Crippen LogP contribution in [0.4, 0.5) is 0 Å². The number of fused-ring (bicyclic) bond motifs is 4. The lowest BCUT2D eigenvalue weighted by atomic mass is 10.0. The normalized spacial score (nSPS) is 14.8. The van der Waals surface area contributed by atoms with Gasteiger partial charge in [-0.25, -0.2) is 0 Å². The molecule has 0 amide bonds. The summed E-state index contributed by atoms with van der Waals surface area (Å²) in [5.74, 6) is 0.297. The highest BCUT2D eigenvalue weighted by Gasteiger charge is 2.26. The smallest absolute Gasteiger partial charge is 0.274 e. The Hall–Kier alpha value is -3.94. The Morgan fingerprint density at radius 1 is 1.12 bits per heavy atom. The Morgan fingerprint density at radius 3 is 2.72 bits per heavy atom. The first-order valence-electron chi connectivity index (χ1n) is 10.7. The number of aromatic hydroxyl groups is 1. The maximum absolute atomic E-state index is 13.2. The second-order valence-corrected chi connectivity index (χ2v) is 8.32. The number of pyridine rings is 1. The summed E-state index contributed by atoms with van der Waals surface area (Å²) in [6, 6.07) is 9.83. The lowest BCUT2D eigenvalue weighted by Crippen LogP contribution is -2.10. The summed E-state index contributed by atoms with van der Waals surface area (Å²) in [6.45, 7) is 0. The van der Waals surface area contributed by atoms with E-state index in [0.29, 0.717) is 44.6 Å². The van der Waals surface area contributed by atoms with Crippen molar-refractivity contribution >= 4 is 33.1 Å². The van der Waals surface area contributed by atoms with Crippen LogP contribution in [0, 0.1) is 0 Å². The number of H-pyrrole nitrogens is 2. The molecule has 0 spiro atoms. The summed E-state index contributed by atoms with van der Waals surface area (Å²) < 4.78 is 13.4. The van der Waals surface area contributed by atoms with E-state index >= 15 is 0 Å². The van der Waals surface area contributed by atoms with E-state index in [1.807, 2.05) is 4.68 Å². The number of nitrogens with one attached hydrogen (secondary N) is 2. The van der Waals surface area contributed by atoms with E-state index in [4.69, 9.17) is 9.15 Å². The van der Waals surface area contributed by atoms with Crippen LogP contribution in [0.15, 0.2) is 50.4 Å². The van der Waals surface area contributed by atoms with Crippen LogP contribution in [0.25, 0.3) is 44.2 Å². The monoisotopic (exact) mass is 431 g/mol. The third kappa shape index (κ3) is 2.62. The molecule has 8 nitrogen and oxygen atoms in total. The van der Waals surface area contributed by atoms with Crippen LogP contribution < -0.4 is 15.7 Å². The van der Waals surface area contributed by atoms with Crippen molar-refractivity contribution in [1.82, 2.24) is 14.8 Å². The van der Waals surface area contributed by atoms with Crippen molar-refractivity contribution in [2.75, 3.05) is 7.11 Å². The number of phenolic OH excluding ortho intramolecular Hbond substituents is 1. The van der Waals surface area contributed by atoms with Gasteiger partial charge in [0.2, 0.25) is 0 Å². The predicted octanol–water partition coefficient (Wildman–Crippen LogP) is 4.41. The Bertz CT molecular complexity index is 1630. The van der Waals surface area contributed by atoms with E-state index in [9.17, 15) is 14.7 Å². The van der Waals surface area contributed by atoms with Crippen molar-refractivity contribution in [2.24, 2.45) is 0 Å². The number of methoxy groups -OCH3 is 1. The van der Waals surface area contributed by atoms with Gasteiger partial charge in [0.25, 0.3) is 5.56 Å². The van der Waals surface area contributed by atoms with E-state index < -0.39 is 0 Å². The number of hydrogen-bond acceptors (Lipinski definition) is 5. The molecule has 0 radical (unpaired) electrons. The first kappa shape index (κ1) is 18.8. The van der Waals surface area contributed by atoms with Gasteiger partial charge in [0.1, 0.15) is 11.2 Å². The molecule has 32 heavy (non-hydrogen) atoms. The molecule has 0 atom stereocenters. The molecular weight excluding hydrogens is 410 g/mol. The topological polar surface area (TPSA) is 113 Å². The number of benzene rings is 2. The van der Waals surface area contributed by atoms with Crippen molar-refractivity contribution in [3.05, 3.63) is 57.0 Å². The quantitative estimate of drug-likeness (QED) is 0.392. The molecule has 0 aliphatic heterocycles. The lowest BCUT2D eigenvalue weighted by molar-refractivity contribution is 0.373. The largest absolute Gasteiger partial charge is 0.504 e. The zero-order chi connectivity index (χ0) is 22.0.